The highest BCUT2D eigenvalue weighted by Gasteiger charge is 2.27. The number of hydrogen-bond acceptors (Lipinski definition) is 10. The third-order valence-corrected chi connectivity index (χ3v) is 11.0. The van der Waals surface area contributed by atoms with Gasteiger partial charge in [-0.3, -0.25) is 24.6 Å². The van der Waals surface area contributed by atoms with Crippen molar-refractivity contribution in [3.05, 3.63) is 58.4 Å². The predicted octanol–water partition coefficient (Wildman–Crippen LogP) is 3.55. The molecule has 4 aliphatic heterocycles. The van der Waals surface area contributed by atoms with Crippen LogP contribution >= 0.6 is 0 Å². The van der Waals surface area contributed by atoms with Gasteiger partial charge in [0.2, 0.25) is 11.8 Å². The Morgan fingerprint density at radius 2 is 1.61 bits per heavy atom. The number of aromatic nitrogens is 2. The minimum absolute atomic E-state index is 0.0119. The van der Waals surface area contributed by atoms with Crippen molar-refractivity contribution in [3.8, 4) is 5.75 Å². The van der Waals surface area contributed by atoms with Gasteiger partial charge in [-0.05, 0) is 87.7 Å². The molecule has 0 radical (unpaired) electrons. The number of halogens is 1. The van der Waals surface area contributed by atoms with Crippen molar-refractivity contribution in [3.63, 3.8) is 0 Å². The number of carbonyl (C=O) groups excluding carboxylic acids is 2. The van der Waals surface area contributed by atoms with Crippen LogP contribution in [-0.4, -0.2) is 110 Å². The Hall–Kier alpha value is -4.07. The molecule has 4 saturated heterocycles. The van der Waals surface area contributed by atoms with E-state index in [0.717, 1.165) is 103 Å². The van der Waals surface area contributed by atoms with Crippen LogP contribution in [0.1, 0.15) is 50.8 Å². The van der Waals surface area contributed by atoms with Crippen LogP contribution in [0.25, 0.3) is 10.9 Å². The van der Waals surface area contributed by atoms with Crippen molar-refractivity contribution in [2.24, 2.45) is 11.8 Å². The van der Waals surface area contributed by atoms with Crippen LogP contribution in [0.2, 0.25) is 0 Å². The number of aryl methyl sites for hydroxylation is 1. The number of nitrogens with one attached hydrogen (secondary N) is 3. The fraction of sp³-hybridized carbons (Fsp3) is 0.579. The third-order valence-electron chi connectivity index (χ3n) is 11.0. The van der Waals surface area contributed by atoms with E-state index in [1.807, 2.05) is 12.1 Å². The number of piperazine rings is 1. The van der Waals surface area contributed by atoms with Gasteiger partial charge < -0.3 is 29.6 Å². The van der Waals surface area contributed by atoms with E-state index in [0.29, 0.717) is 54.8 Å². The number of carbonyl (C=O) groups is 2. The average Bonchev–Trinajstić information content (AvgIpc) is 3.14. The predicted molar refractivity (Wildman–Crippen MR) is 194 cm³/mol. The zero-order valence-electron chi connectivity index (χ0n) is 29.3. The van der Waals surface area contributed by atoms with Gasteiger partial charge in [0, 0.05) is 88.8 Å². The van der Waals surface area contributed by atoms with Crippen LogP contribution in [0.5, 0.6) is 5.75 Å². The summed E-state index contributed by atoms with van der Waals surface area (Å²) >= 11 is 0. The molecule has 4 aliphatic rings. The minimum atomic E-state index is -0.597. The molecule has 3 aromatic rings. The number of nitrogens with zero attached hydrogens (tertiary/aromatic N) is 4. The Balaban J connectivity index is 0.810. The molecule has 2 amide bonds. The first kappa shape index (κ1) is 35.3. The summed E-state index contributed by atoms with van der Waals surface area (Å²) in [6, 6.07) is 10.8. The quantitative estimate of drug-likeness (QED) is 0.241. The maximum atomic E-state index is 15.0. The molecule has 1 aromatic heterocycles. The number of benzene rings is 2. The molecule has 51 heavy (non-hydrogen) atoms. The first-order valence-corrected chi connectivity index (χ1v) is 18.7. The van der Waals surface area contributed by atoms with Gasteiger partial charge in [0.05, 0.1) is 12.1 Å². The largest absolute Gasteiger partial charge is 0.493 e. The summed E-state index contributed by atoms with van der Waals surface area (Å²) in [6.07, 6.45) is 6.57. The number of ether oxygens (including phenoxy) is 2. The molecule has 0 bridgehead atoms. The van der Waals surface area contributed by atoms with Crippen LogP contribution in [-0.2, 0) is 20.7 Å². The van der Waals surface area contributed by atoms with Crippen molar-refractivity contribution >= 4 is 34.1 Å². The molecular formula is C38H50FN7O5. The summed E-state index contributed by atoms with van der Waals surface area (Å²) in [7, 11) is 0. The van der Waals surface area contributed by atoms with Crippen LogP contribution in [0.3, 0.4) is 0 Å². The van der Waals surface area contributed by atoms with Crippen molar-refractivity contribution in [1.29, 1.82) is 0 Å². The number of fused-ring (bicyclic) bond motifs is 1. The SMILES string of the molecule is O=C1CCC(Nc2ccc(N3CCN(CCN4CCC(COc5cc(F)c6c(=O)[nH]c(CCC7CCOCC7)nc6c5)CC4)CC3)cc2)C(=O)N1. The van der Waals surface area contributed by atoms with Gasteiger partial charge in [-0.25, -0.2) is 9.37 Å². The van der Waals surface area contributed by atoms with E-state index < -0.39 is 11.4 Å². The Morgan fingerprint density at radius 1 is 0.882 bits per heavy atom. The second kappa shape index (κ2) is 16.5. The highest BCUT2D eigenvalue weighted by molar-refractivity contribution is 6.01. The second-order valence-corrected chi connectivity index (χ2v) is 14.5. The average molecular weight is 704 g/mol. The molecule has 1 atom stereocenters. The lowest BCUT2D eigenvalue weighted by molar-refractivity contribution is -0.133. The Morgan fingerprint density at radius 3 is 2.33 bits per heavy atom. The molecule has 0 saturated carbocycles. The molecule has 2 aromatic carbocycles. The van der Waals surface area contributed by atoms with Crippen LogP contribution in [0.15, 0.2) is 41.2 Å². The smallest absolute Gasteiger partial charge is 0.261 e. The number of likely N-dealkylation sites (tertiary alicyclic amines) is 1. The Labute approximate surface area is 298 Å². The zero-order valence-corrected chi connectivity index (χ0v) is 29.3. The first-order chi connectivity index (χ1) is 24.9. The summed E-state index contributed by atoms with van der Waals surface area (Å²) < 4.78 is 26.5. The molecule has 0 aliphatic carbocycles. The van der Waals surface area contributed by atoms with E-state index in [2.05, 4.69) is 47.4 Å². The van der Waals surface area contributed by atoms with Crippen molar-refractivity contribution in [1.82, 2.24) is 25.1 Å². The van der Waals surface area contributed by atoms with Gasteiger partial charge in [-0.2, -0.15) is 0 Å². The Kier molecular flexibility index (Phi) is 11.4. The van der Waals surface area contributed by atoms with Crippen molar-refractivity contribution < 1.29 is 23.5 Å². The molecule has 4 fully saturated rings. The summed E-state index contributed by atoms with van der Waals surface area (Å²) in [6.45, 7) is 10.2. The van der Waals surface area contributed by atoms with E-state index in [1.54, 1.807) is 6.07 Å². The van der Waals surface area contributed by atoms with Crippen LogP contribution in [0, 0.1) is 17.7 Å². The van der Waals surface area contributed by atoms with Crippen LogP contribution in [0.4, 0.5) is 15.8 Å². The van der Waals surface area contributed by atoms with Gasteiger partial charge in [0.15, 0.2) is 0 Å². The topological polar surface area (TPSA) is 132 Å². The molecular weight excluding hydrogens is 653 g/mol. The summed E-state index contributed by atoms with van der Waals surface area (Å²) in [4.78, 5) is 51.0. The van der Waals surface area contributed by atoms with E-state index in [1.165, 1.54) is 11.8 Å². The van der Waals surface area contributed by atoms with Gasteiger partial charge in [-0.1, -0.05) is 0 Å². The number of amides is 2. The molecule has 1 unspecified atom stereocenters. The maximum Gasteiger partial charge on any atom is 0.261 e. The molecule has 13 heteroatoms. The monoisotopic (exact) mass is 703 g/mol. The number of imide groups is 1. The molecule has 5 heterocycles. The molecule has 12 nitrogen and oxygen atoms in total. The second-order valence-electron chi connectivity index (χ2n) is 14.5. The number of anilines is 2. The highest BCUT2D eigenvalue weighted by Crippen LogP contribution is 2.26. The van der Waals surface area contributed by atoms with Crippen LogP contribution < -0.4 is 25.8 Å². The van der Waals surface area contributed by atoms with E-state index >= 15 is 0 Å². The van der Waals surface area contributed by atoms with Gasteiger partial charge in [0.25, 0.3) is 5.56 Å². The fourth-order valence-electron chi connectivity index (χ4n) is 7.73. The lowest BCUT2D eigenvalue weighted by atomic mass is 9.95. The number of rotatable bonds is 12. The fourth-order valence-corrected chi connectivity index (χ4v) is 7.73. The zero-order chi connectivity index (χ0) is 35.2. The Bertz CT molecular complexity index is 1710. The maximum absolute atomic E-state index is 15.0. The first-order valence-electron chi connectivity index (χ1n) is 18.7. The van der Waals surface area contributed by atoms with E-state index in [9.17, 15) is 18.8 Å². The molecule has 7 rings (SSSR count). The summed E-state index contributed by atoms with van der Waals surface area (Å²) in [5, 5.41) is 5.63. The lowest BCUT2D eigenvalue weighted by Crippen LogP contribution is -2.49. The van der Waals surface area contributed by atoms with Gasteiger partial charge in [-0.15, -0.1) is 0 Å². The number of hydrogen-bond donors (Lipinski definition) is 3. The number of piperidine rings is 2. The van der Waals surface area contributed by atoms with Gasteiger partial charge in [0.1, 0.15) is 28.8 Å². The van der Waals surface area contributed by atoms with E-state index in [4.69, 9.17) is 9.47 Å². The minimum Gasteiger partial charge on any atom is -0.493 e. The normalized spacial score (nSPS) is 21.6. The van der Waals surface area contributed by atoms with E-state index in [-0.39, 0.29) is 23.2 Å². The molecule has 0 spiro atoms. The third kappa shape index (κ3) is 9.24. The van der Waals surface area contributed by atoms with Crippen molar-refractivity contribution in [2.75, 3.05) is 82.4 Å². The van der Waals surface area contributed by atoms with Gasteiger partial charge >= 0.3 is 0 Å². The molecule has 274 valence electrons. The summed E-state index contributed by atoms with van der Waals surface area (Å²) in [5.41, 5.74) is 1.97. The summed E-state index contributed by atoms with van der Waals surface area (Å²) in [5.74, 6) is 0.914. The standard InChI is InChI=1S/C38H50FN7O5/c39-31-23-30(24-33-36(31)38(49)42-34(41-33)7-1-26-11-21-50-22-12-26)51-25-27-9-13-44(14-10-27)15-16-45-17-19-46(20-18-45)29-4-2-28(3-5-29)40-32-6-8-35(47)43-37(32)48/h2-5,23-24,26-27,32,40H,1,6-22,25H2,(H,41,42,49)(H,43,47,48). The lowest BCUT2D eigenvalue weighted by Gasteiger charge is -2.38. The highest BCUT2D eigenvalue weighted by atomic mass is 19.1. The number of aromatic amines is 1. The van der Waals surface area contributed by atoms with Crippen molar-refractivity contribution in [2.45, 2.75) is 57.4 Å². The molecule has 3 N–H and O–H groups in total. The number of H-pyrrole nitrogens is 1.